The Bertz CT molecular complexity index is 438. The van der Waals surface area contributed by atoms with E-state index in [4.69, 9.17) is 4.74 Å². The highest BCUT2D eigenvalue weighted by Crippen LogP contribution is 2.29. The van der Waals surface area contributed by atoms with Crippen LogP contribution in [0.15, 0.2) is 24.3 Å². The van der Waals surface area contributed by atoms with Crippen molar-refractivity contribution in [1.29, 1.82) is 0 Å². The van der Waals surface area contributed by atoms with Gasteiger partial charge in [0.05, 0.1) is 6.61 Å². The van der Waals surface area contributed by atoms with Crippen molar-refractivity contribution in [3.8, 4) is 5.75 Å². The summed E-state index contributed by atoms with van der Waals surface area (Å²) in [6.07, 6.45) is 9.27. The molecule has 0 bridgehead atoms. The summed E-state index contributed by atoms with van der Waals surface area (Å²) in [7, 11) is 0. The minimum absolute atomic E-state index is 0.231. The third-order valence-corrected chi connectivity index (χ3v) is 4.58. The van der Waals surface area contributed by atoms with Gasteiger partial charge in [0, 0.05) is 5.25 Å². The summed E-state index contributed by atoms with van der Waals surface area (Å²) < 4.78 is 25.1. The van der Waals surface area contributed by atoms with E-state index in [1.807, 2.05) is 0 Å². The zero-order valence-corrected chi connectivity index (χ0v) is 15.6. The smallest absolute Gasteiger partial charge is 0.119 e. The number of benzene rings is 1. The Hall–Kier alpha value is -0.870. The first-order valence-corrected chi connectivity index (χ1v) is 9.96. The lowest BCUT2D eigenvalue weighted by atomic mass is 10.1. The number of hydrogen-bond acceptors (Lipinski definition) is 3. The molecular weight excluding hydrogens is 308 g/mol. The van der Waals surface area contributed by atoms with Crippen LogP contribution in [-0.4, -0.2) is 20.6 Å². The monoisotopic (exact) mass is 339 g/mol. The molecule has 1 aromatic rings. The molecule has 0 aliphatic heterocycles. The van der Waals surface area contributed by atoms with E-state index in [0.29, 0.717) is 0 Å². The maximum Gasteiger partial charge on any atom is 0.119 e. The molecule has 4 heteroatoms. The number of aryl methyl sites for hydroxylation is 1. The molecule has 0 spiro atoms. The van der Waals surface area contributed by atoms with Gasteiger partial charge in [-0.15, -0.1) is 0 Å². The zero-order valence-electron chi connectivity index (χ0n) is 14.8. The SMILES string of the molecule is CC(C)S(=O)[O-].CCCCCCc1ccc(OCC2CC2)cc1. The molecule has 0 saturated heterocycles. The van der Waals surface area contributed by atoms with Gasteiger partial charge in [-0.1, -0.05) is 63.2 Å². The maximum atomic E-state index is 9.70. The fourth-order valence-corrected chi connectivity index (χ4v) is 2.01. The maximum absolute atomic E-state index is 9.70. The molecule has 132 valence electrons. The molecule has 1 aliphatic carbocycles. The lowest BCUT2D eigenvalue weighted by Gasteiger charge is -2.06. The van der Waals surface area contributed by atoms with Crippen LogP contribution in [0.3, 0.4) is 0 Å². The van der Waals surface area contributed by atoms with Gasteiger partial charge in [0.2, 0.25) is 0 Å². The standard InChI is InChI=1S/C16H24O.C3H8O2S/c1-2-3-4-5-6-14-9-11-16(12-10-14)17-13-15-7-8-15;1-3(2)6(4)5/h9-12,15H,2-8,13H2,1H3;3H,1-2H3,(H,4,5)/p-1. The summed E-state index contributed by atoms with van der Waals surface area (Å²) >= 11 is -1.87. The van der Waals surface area contributed by atoms with Gasteiger partial charge in [0.1, 0.15) is 5.75 Å². The molecule has 1 atom stereocenters. The molecule has 1 saturated carbocycles. The Morgan fingerprint density at radius 3 is 2.26 bits per heavy atom. The molecule has 1 aliphatic rings. The van der Waals surface area contributed by atoms with Crippen LogP contribution < -0.4 is 4.74 Å². The van der Waals surface area contributed by atoms with Crippen molar-refractivity contribution in [2.75, 3.05) is 6.61 Å². The first-order chi connectivity index (χ1) is 11.0. The Labute approximate surface area is 144 Å². The van der Waals surface area contributed by atoms with Crippen LogP contribution in [0.25, 0.3) is 0 Å². The number of rotatable bonds is 9. The molecular formula is C19H31O3S-. The summed E-state index contributed by atoms with van der Waals surface area (Å²) in [6.45, 7) is 6.42. The fourth-order valence-electron chi connectivity index (χ4n) is 2.01. The molecule has 0 radical (unpaired) electrons. The second kappa shape index (κ2) is 11.6. The van der Waals surface area contributed by atoms with Gasteiger partial charge in [-0.3, -0.25) is 4.21 Å². The molecule has 23 heavy (non-hydrogen) atoms. The van der Waals surface area contributed by atoms with Gasteiger partial charge < -0.3 is 9.29 Å². The van der Waals surface area contributed by atoms with Crippen molar-refractivity contribution in [2.24, 2.45) is 5.92 Å². The first kappa shape index (κ1) is 20.2. The van der Waals surface area contributed by atoms with Crippen LogP contribution in [0.2, 0.25) is 0 Å². The molecule has 0 N–H and O–H groups in total. The van der Waals surface area contributed by atoms with Crippen molar-refractivity contribution < 1.29 is 13.5 Å². The van der Waals surface area contributed by atoms with E-state index in [1.54, 1.807) is 13.8 Å². The van der Waals surface area contributed by atoms with Gasteiger partial charge >= 0.3 is 0 Å². The van der Waals surface area contributed by atoms with Gasteiger partial charge in [-0.05, 0) is 49.3 Å². The van der Waals surface area contributed by atoms with Crippen LogP contribution >= 0.6 is 0 Å². The molecule has 0 amide bonds. The van der Waals surface area contributed by atoms with E-state index in [0.717, 1.165) is 18.3 Å². The second-order valence-electron chi connectivity index (χ2n) is 6.52. The lowest BCUT2D eigenvalue weighted by Crippen LogP contribution is -2.02. The predicted molar refractivity (Wildman–Crippen MR) is 96.6 cm³/mol. The normalized spacial score (nSPS) is 15.0. The molecule has 1 aromatic carbocycles. The van der Waals surface area contributed by atoms with Crippen molar-refractivity contribution in [3.05, 3.63) is 29.8 Å². The Morgan fingerprint density at radius 1 is 1.17 bits per heavy atom. The summed E-state index contributed by atoms with van der Waals surface area (Å²) in [5.74, 6) is 1.87. The lowest BCUT2D eigenvalue weighted by molar-refractivity contribution is 0.299. The number of hydrogen-bond donors (Lipinski definition) is 0. The predicted octanol–water partition coefficient (Wildman–Crippen LogP) is 4.87. The highest BCUT2D eigenvalue weighted by Gasteiger charge is 2.21. The van der Waals surface area contributed by atoms with E-state index in [9.17, 15) is 8.76 Å². The highest BCUT2D eigenvalue weighted by atomic mass is 32.2. The summed E-state index contributed by atoms with van der Waals surface area (Å²) in [5.41, 5.74) is 1.44. The minimum atomic E-state index is -1.87. The van der Waals surface area contributed by atoms with Crippen LogP contribution in [-0.2, 0) is 17.5 Å². The van der Waals surface area contributed by atoms with Crippen LogP contribution in [0.5, 0.6) is 5.75 Å². The highest BCUT2D eigenvalue weighted by molar-refractivity contribution is 7.79. The van der Waals surface area contributed by atoms with E-state index in [1.165, 1.54) is 50.5 Å². The van der Waals surface area contributed by atoms with Crippen molar-refractivity contribution in [2.45, 2.75) is 71.0 Å². The zero-order chi connectivity index (χ0) is 17.1. The first-order valence-electron chi connectivity index (χ1n) is 8.82. The molecule has 3 nitrogen and oxygen atoms in total. The summed E-state index contributed by atoms with van der Waals surface area (Å²) in [5, 5.41) is -0.231. The Kier molecular flexibility index (Phi) is 10.2. The fraction of sp³-hybridized carbons (Fsp3) is 0.684. The average Bonchev–Trinajstić information content (AvgIpc) is 3.35. The molecule has 2 rings (SSSR count). The van der Waals surface area contributed by atoms with Crippen LogP contribution in [0.1, 0.15) is 64.9 Å². The second-order valence-corrected chi connectivity index (χ2v) is 7.98. The topological polar surface area (TPSA) is 49.4 Å². The van der Waals surface area contributed by atoms with Gasteiger partial charge in [0.25, 0.3) is 0 Å². The quantitative estimate of drug-likeness (QED) is 0.476. The van der Waals surface area contributed by atoms with E-state index in [2.05, 4.69) is 31.2 Å². The third-order valence-electron chi connectivity index (χ3n) is 3.81. The van der Waals surface area contributed by atoms with E-state index >= 15 is 0 Å². The Morgan fingerprint density at radius 2 is 1.78 bits per heavy atom. The van der Waals surface area contributed by atoms with Crippen LogP contribution in [0, 0.1) is 5.92 Å². The average molecular weight is 340 g/mol. The third kappa shape index (κ3) is 10.5. The molecule has 1 unspecified atom stereocenters. The Balaban J connectivity index is 0.000000379. The molecule has 0 aromatic heterocycles. The number of unbranched alkanes of at least 4 members (excludes halogenated alkanes) is 3. The van der Waals surface area contributed by atoms with Gasteiger partial charge in [-0.25, -0.2) is 0 Å². The van der Waals surface area contributed by atoms with Crippen LogP contribution in [0.4, 0.5) is 0 Å². The summed E-state index contributed by atoms with van der Waals surface area (Å²) in [6, 6.07) is 8.68. The van der Waals surface area contributed by atoms with Crippen molar-refractivity contribution in [1.82, 2.24) is 0 Å². The largest absolute Gasteiger partial charge is 0.772 e. The number of ether oxygens (including phenoxy) is 1. The van der Waals surface area contributed by atoms with E-state index < -0.39 is 11.1 Å². The van der Waals surface area contributed by atoms with Gasteiger partial charge in [0.15, 0.2) is 0 Å². The summed E-state index contributed by atoms with van der Waals surface area (Å²) in [4.78, 5) is 0. The minimum Gasteiger partial charge on any atom is -0.772 e. The molecule has 1 fully saturated rings. The van der Waals surface area contributed by atoms with E-state index in [-0.39, 0.29) is 5.25 Å². The van der Waals surface area contributed by atoms with Crippen molar-refractivity contribution >= 4 is 11.1 Å². The molecule has 0 heterocycles. The van der Waals surface area contributed by atoms with Crippen molar-refractivity contribution in [3.63, 3.8) is 0 Å². The van der Waals surface area contributed by atoms with Gasteiger partial charge in [-0.2, -0.15) is 0 Å².